The fourth-order valence-electron chi connectivity index (χ4n) is 2.79. The number of thiophene rings is 1. The van der Waals surface area contributed by atoms with E-state index >= 15 is 0 Å². The molecule has 0 bridgehead atoms. The summed E-state index contributed by atoms with van der Waals surface area (Å²) in [6.45, 7) is 0. The van der Waals surface area contributed by atoms with Crippen LogP contribution >= 0.6 is 22.9 Å². The third-order valence-corrected chi connectivity index (χ3v) is 7.41. The highest BCUT2D eigenvalue weighted by Gasteiger charge is 2.22. The molecule has 0 aliphatic heterocycles. The summed E-state index contributed by atoms with van der Waals surface area (Å²) in [6.07, 6.45) is 0. The second-order valence-electron chi connectivity index (χ2n) is 6.38. The number of sulfonamides is 1. The molecule has 0 saturated carbocycles. The zero-order valence-electron chi connectivity index (χ0n) is 16.6. The van der Waals surface area contributed by atoms with Crippen LogP contribution in [-0.2, 0) is 10.0 Å². The van der Waals surface area contributed by atoms with Gasteiger partial charge in [0.25, 0.3) is 15.9 Å². The molecule has 32 heavy (non-hydrogen) atoms. The molecule has 0 fully saturated rings. The van der Waals surface area contributed by atoms with E-state index in [1.165, 1.54) is 50.6 Å². The van der Waals surface area contributed by atoms with Crippen LogP contribution in [0.1, 0.15) is 0 Å². The molecule has 1 N–H and O–H groups in total. The number of ether oxygens (including phenoxy) is 2. The van der Waals surface area contributed by atoms with Gasteiger partial charge < -0.3 is 14.0 Å². The highest BCUT2D eigenvalue weighted by Crippen LogP contribution is 2.38. The average Bonchev–Trinajstić information content (AvgIpc) is 3.44. The molecule has 0 radical (unpaired) electrons. The van der Waals surface area contributed by atoms with E-state index in [9.17, 15) is 12.8 Å². The maximum Gasteiger partial charge on any atom is 0.271 e. The lowest BCUT2D eigenvalue weighted by Gasteiger charge is -2.13. The Balaban J connectivity index is 1.60. The number of hydrogen-bond donors (Lipinski definition) is 1. The van der Waals surface area contributed by atoms with Crippen LogP contribution in [0.3, 0.4) is 0 Å². The first kappa shape index (κ1) is 22.1. The molecule has 2 aromatic carbocycles. The van der Waals surface area contributed by atoms with Crippen LogP contribution in [0.5, 0.6) is 11.5 Å². The quantitative estimate of drug-likeness (QED) is 0.381. The smallest absolute Gasteiger partial charge is 0.271 e. The molecule has 8 nitrogen and oxygen atoms in total. The van der Waals surface area contributed by atoms with E-state index < -0.39 is 15.8 Å². The lowest BCUT2D eigenvalue weighted by Crippen LogP contribution is -2.12. The third-order valence-electron chi connectivity index (χ3n) is 4.31. The van der Waals surface area contributed by atoms with E-state index in [4.69, 9.17) is 25.6 Å². The number of anilines is 1. The Morgan fingerprint density at radius 2 is 1.88 bits per heavy atom. The Hall–Kier alpha value is -3.15. The van der Waals surface area contributed by atoms with Crippen molar-refractivity contribution in [1.82, 2.24) is 10.1 Å². The molecule has 12 heteroatoms. The minimum Gasteiger partial charge on any atom is -0.495 e. The molecule has 0 amide bonds. The molecule has 0 unspecified atom stereocenters. The molecule has 0 atom stereocenters. The average molecular weight is 496 g/mol. The zero-order chi connectivity index (χ0) is 22.9. The van der Waals surface area contributed by atoms with Crippen LogP contribution < -0.4 is 14.2 Å². The Bertz CT molecular complexity index is 1390. The number of rotatable bonds is 7. The monoisotopic (exact) mass is 495 g/mol. The molecule has 4 rings (SSSR count). The van der Waals surface area contributed by atoms with Gasteiger partial charge >= 0.3 is 0 Å². The molecular weight excluding hydrogens is 481 g/mol. The van der Waals surface area contributed by atoms with Crippen molar-refractivity contribution in [3.8, 4) is 34.3 Å². The first-order chi connectivity index (χ1) is 15.3. The second-order valence-corrected chi connectivity index (χ2v) is 9.61. The number of hydrogen-bond acceptors (Lipinski definition) is 8. The second kappa shape index (κ2) is 8.77. The van der Waals surface area contributed by atoms with Gasteiger partial charge in [-0.2, -0.15) is 4.98 Å². The van der Waals surface area contributed by atoms with Crippen molar-refractivity contribution in [3.05, 3.63) is 58.7 Å². The van der Waals surface area contributed by atoms with E-state index in [-0.39, 0.29) is 32.4 Å². The van der Waals surface area contributed by atoms with Gasteiger partial charge in [-0.05, 0) is 24.3 Å². The van der Waals surface area contributed by atoms with Crippen LogP contribution in [0.15, 0.2) is 56.6 Å². The van der Waals surface area contributed by atoms with Crippen molar-refractivity contribution < 1.29 is 26.8 Å². The predicted molar refractivity (Wildman–Crippen MR) is 118 cm³/mol. The maximum absolute atomic E-state index is 13.4. The molecule has 0 aliphatic rings. The minimum atomic E-state index is -3.97. The van der Waals surface area contributed by atoms with E-state index in [2.05, 4.69) is 14.9 Å². The van der Waals surface area contributed by atoms with E-state index in [1.807, 2.05) is 0 Å². The van der Waals surface area contributed by atoms with Crippen LogP contribution in [0.4, 0.5) is 10.1 Å². The Labute approximate surface area is 191 Å². The number of aromatic nitrogens is 2. The summed E-state index contributed by atoms with van der Waals surface area (Å²) in [5.41, 5.74) is 0.998. The standard InChI is InChI=1S/C20H15ClFN3O5S2/c1-28-16-9-17(29-2)15(8-14(16)21)25-32(26,27)18-7-12(10-31-18)20-23-19(24-30-20)11-4-3-5-13(22)6-11/h3-10,25H,1-2H3. The fraction of sp³-hybridized carbons (Fsp3) is 0.100. The number of nitrogens with zero attached hydrogens (tertiary/aromatic N) is 2. The predicted octanol–water partition coefficient (Wildman–Crippen LogP) is 5.08. The van der Waals surface area contributed by atoms with Gasteiger partial charge in [0, 0.05) is 17.0 Å². The topological polar surface area (TPSA) is 104 Å². The summed E-state index contributed by atoms with van der Waals surface area (Å²) < 4.78 is 57.3. The summed E-state index contributed by atoms with van der Waals surface area (Å²) in [6, 6.07) is 10.0. The first-order valence-electron chi connectivity index (χ1n) is 8.93. The van der Waals surface area contributed by atoms with Gasteiger partial charge in [-0.15, -0.1) is 11.3 Å². The number of nitrogens with one attached hydrogen (secondary N) is 1. The maximum atomic E-state index is 13.4. The summed E-state index contributed by atoms with van der Waals surface area (Å²) in [7, 11) is -1.13. The van der Waals surface area contributed by atoms with E-state index in [0.717, 1.165) is 11.3 Å². The molecule has 0 spiro atoms. The SMILES string of the molecule is COc1cc(OC)c(NS(=O)(=O)c2cc(-c3nc(-c4cccc(F)c4)no3)cs2)cc1Cl. The number of halogens is 2. The van der Waals surface area contributed by atoms with Crippen molar-refractivity contribution in [3.63, 3.8) is 0 Å². The fourth-order valence-corrected chi connectivity index (χ4v) is 5.25. The minimum absolute atomic E-state index is 0.00648. The third kappa shape index (κ3) is 4.40. The van der Waals surface area contributed by atoms with Crippen LogP contribution in [0, 0.1) is 5.82 Å². The number of benzene rings is 2. The molecule has 4 aromatic rings. The summed E-state index contributed by atoms with van der Waals surface area (Å²) >= 11 is 7.08. The normalized spacial score (nSPS) is 11.4. The molecule has 166 valence electrons. The molecule has 2 aromatic heterocycles. The van der Waals surface area contributed by atoms with Gasteiger partial charge in [-0.25, -0.2) is 12.8 Å². The van der Waals surface area contributed by atoms with Gasteiger partial charge in [0.15, 0.2) is 0 Å². The molecular formula is C20H15ClFN3O5S2. The van der Waals surface area contributed by atoms with Gasteiger partial charge in [-0.3, -0.25) is 4.72 Å². The van der Waals surface area contributed by atoms with Crippen molar-refractivity contribution in [2.24, 2.45) is 0 Å². The molecule has 0 aliphatic carbocycles. The summed E-state index contributed by atoms with van der Waals surface area (Å²) in [5.74, 6) is 0.439. The van der Waals surface area contributed by atoms with Crippen LogP contribution in [-0.4, -0.2) is 32.8 Å². The van der Waals surface area contributed by atoms with Crippen LogP contribution in [0.2, 0.25) is 5.02 Å². The van der Waals surface area contributed by atoms with Crippen molar-refractivity contribution in [2.75, 3.05) is 18.9 Å². The summed E-state index contributed by atoms with van der Waals surface area (Å²) in [4.78, 5) is 4.22. The highest BCUT2D eigenvalue weighted by molar-refractivity contribution is 7.94. The van der Waals surface area contributed by atoms with Gasteiger partial charge in [-0.1, -0.05) is 28.9 Å². The highest BCUT2D eigenvalue weighted by atomic mass is 35.5. The summed E-state index contributed by atoms with van der Waals surface area (Å²) in [5, 5.41) is 5.62. The van der Waals surface area contributed by atoms with E-state index in [1.54, 1.807) is 11.4 Å². The van der Waals surface area contributed by atoms with Gasteiger partial charge in [0.1, 0.15) is 21.5 Å². The first-order valence-corrected chi connectivity index (χ1v) is 11.7. The van der Waals surface area contributed by atoms with Crippen molar-refractivity contribution in [1.29, 1.82) is 0 Å². The lowest BCUT2D eigenvalue weighted by atomic mass is 10.2. The Morgan fingerprint density at radius 3 is 2.59 bits per heavy atom. The Morgan fingerprint density at radius 1 is 1.09 bits per heavy atom. The molecule has 0 saturated heterocycles. The van der Waals surface area contributed by atoms with Gasteiger partial charge in [0.2, 0.25) is 5.82 Å². The Kier molecular flexibility index (Phi) is 6.04. The largest absolute Gasteiger partial charge is 0.495 e. The van der Waals surface area contributed by atoms with E-state index in [0.29, 0.717) is 16.9 Å². The number of methoxy groups -OCH3 is 2. The zero-order valence-corrected chi connectivity index (χ0v) is 19.0. The van der Waals surface area contributed by atoms with Crippen molar-refractivity contribution in [2.45, 2.75) is 4.21 Å². The lowest BCUT2D eigenvalue weighted by molar-refractivity contribution is 0.396. The van der Waals surface area contributed by atoms with Crippen molar-refractivity contribution >= 4 is 38.6 Å². The van der Waals surface area contributed by atoms with Crippen LogP contribution in [0.25, 0.3) is 22.8 Å². The molecule has 2 heterocycles. The van der Waals surface area contributed by atoms with Gasteiger partial charge in [0.05, 0.1) is 30.5 Å².